The van der Waals surface area contributed by atoms with Crippen molar-refractivity contribution in [3.05, 3.63) is 29.8 Å². The zero-order chi connectivity index (χ0) is 14.9. The summed E-state index contributed by atoms with van der Waals surface area (Å²) in [4.78, 5) is 2.57. The fourth-order valence-corrected chi connectivity index (χ4v) is 2.91. The summed E-state index contributed by atoms with van der Waals surface area (Å²) in [6, 6.07) is 8.57. The van der Waals surface area contributed by atoms with Crippen molar-refractivity contribution in [3.8, 4) is 5.75 Å². The van der Waals surface area contributed by atoms with Crippen LogP contribution in [-0.4, -0.2) is 37.7 Å². The summed E-state index contributed by atoms with van der Waals surface area (Å²) in [5.41, 5.74) is 1.37. The fourth-order valence-electron chi connectivity index (χ4n) is 2.91. The summed E-state index contributed by atoms with van der Waals surface area (Å²) < 4.78 is 5.72. The first kappa shape index (κ1) is 19.3. The van der Waals surface area contributed by atoms with Crippen molar-refractivity contribution in [2.45, 2.75) is 39.7 Å². The van der Waals surface area contributed by atoms with Gasteiger partial charge < -0.3 is 10.1 Å². The summed E-state index contributed by atoms with van der Waals surface area (Å²) in [7, 11) is 0. The van der Waals surface area contributed by atoms with Gasteiger partial charge in [-0.15, -0.1) is 12.4 Å². The lowest BCUT2D eigenvalue weighted by Crippen LogP contribution is -2.36. The number of halogens is 1. The highest BCUT2D eigenvalue weighted by Gasteiger charge is 2.18. The van der Waals surface area contributed by atoms with E-state index in [-0.39, 0.29) is 12.4 Å². The first-order valence-electron chi connectivity index (χ1n) is 8.46. The second-order valence-electron chi connectivity index (χ2n) is 6.02. The van der Waals surface area contributed by atoms with Crippen LogP contribution in [0.15, 0.2) is 24.3 Å². The van der Waals surface area contributed by atoms with Gasteiger partial charge in [0.2, 0.25) is 0 Å². The first-order valence-corrected chi connectivity index (χ1v) is 8.46. The molecule has 0 amide bonds. The maximum absolute atomic E-state index is 5.72. The summed E-state index contributed by atoms with van der Waals surface area (Å²) in [5, 5.41) is 3.47. The minimum absolute atomic E-state index is 0. The second-order valence-corrected chi connectivity index (χ2v) is 6.02. The lowest BCUT2D eigenvalue weighted by Gasteiger charge is -2.32. The number of nitrogens with one attached hydrogen (secondary N) is 1. The molecule has 0 aromatic heterocycles. The van der Waals surface area contributed by atoms with E-state index in [1.807, 2.05) is 0 Å². The second kappa shape index (κ2) is 10.9. The van der Waals surface area contributed by atoms with Crippen LogP contribution in [0.1, 0.15) is 38.7 Å². The van der Waals surface area contributed by atoms with E-state index >= 15 is 0 Å². The Morgan fingerprint density at radius 2 is 2.00 bits per heavy atom. The lowest BCUT2D eigenvalue weighted by molar-refractivity contribution is 0.175. The van der Waals surface area contributed by atoms with Gasteiger partial charge in [-0.1, -0.05) is 26.0 Å². The number of hydrogen-bond acceptors (Lipinski definition) is 3. The molecule has 2 rings (SSSR count). The number of piperidine rings is 1. The molecule has 1 aromatic rings. The zero-order valence-corrected chi connectivity index (χ0v) is 14.8. The Balaban J connectivity index is 0.00000242. The van der Waals surface area contributed by atoms with E-state index in [2.05, 4.69) is 48.3 Å². The summed E-state index contributed by atoms with van der Waals surface area (Å²) in [5.74, 6) is 1.87. The van der Waals surface area contributed by atoms with Crippen molar-refractivity contribution >= 4 is 12.4 Å². The Morgan fingerprint density at radius 3 is 2.68 bits per heavy atom. The van der Waals surface area contributed by atoms with Gasteiger partial charge in [-0.05, 0) is 69.1 Å². The molecule has 0 bridgehead atoms. The molecule has 126 valence electrons. The maximum Gasteiger partial charge on any atom is 0.119 e. The van der Waals surface area contributed by atoms with E-state index in [1.165, 1.54) is 38.0 Å². The van der Waals surface area contributed by atoms with Crippen molar-refractivity contribution in [2.24, 2.45) is 5.92 Å². The molecule has 1 saturated heterocycles. The number of hydrogen-bond donors (Lipinski definition) is 1. The highest BCUT2D eigenvalue weighted by molar-refractivity contribution is 5.85. The van der Waals surface area contributed by atoms with Crippen LogP contribution in [0, 0.1) is 5.92 Å². The molecule has 4 heteroatoms. The molecule has 1 aliphatic heterocycles. The van der Waals surface area contributed by atoms with Crippen molar-refractivity contribution in [2.75, 3.05) is 32.8 Å². The molecule has 0 aliphatic carbocycles. The van der Waals surface area contributed by atoms with E-state index in [0.29, 0.717) is 0 Å². The topological polar surface area (TPSA) is 24.5 Å². The van der Waals surface area contributed by atoms with Crippen LogP contribution in [0.2, 0.25) is 0 Å². The molecule has 22 heavy (non-hydrogen) atoms. The molecule has 1 N–H and O–H groups in total. The number of ether oxygens (including phenoxy) is 1. The molecule has 1 heterocycles. The molecule has 1 aliphatic rings. The van der Waals surface area contributed by atoms with Gasteiger partial charge in [0.25, 0.3) is 0 Å². The van der Waals surface area contributed by atoms with Gasteiger partial charge in [-0.3, -0.25) is 4.90 Å². The lowest BCUT2D eigenvalue weighted by atomic mass is 9.96. The monoisotopic (exact) mass is 326 g/mol. The van der Waals surface area contributed by atoms with Crippen LogP contribution in [0.5, 0.6) is 5.75 Å². The van der Waals surface area contributed by atoms with Gasteiger partial charge in [-0.25, -0.2) is 0 Å². The molecule has 0 unspecified atom stereocenters. The Labute approximate surface area is 141 Å². The standard InChI is InChI=1S/C18H30N2O.ClH/c1-3-12-21-18-7-5-6-17(13-18)15-20-10-8-16(9-11-20)14-19-4-2;/h5-7,13,16,19H,3-4,8-12,14-15H2,1-2H3;1H. The van der Waals surface area contributed by atoms with Crippen molar-refractivity contribution in [3.63, 3.8) is 0 Å². The van der Waals surface area contributed by atoms with E-state index in [4.69, 9.17) is 4.74 Å². The van der Waals surface area contributed by atoms with E-state index in [1.54, 1.807) is 0 Å². The highest BCUT2D eigenvalue weighted by atomic mass is 35.5. The van der Waals surface area contributed by atoms with Gasteiger partial charge in [0.05, 0.1) is 6.61 Å². The fraction of sp³-hybridized carbons (Fsp3) is 0.667. The van der Waals surface area contributed by atoms with E-state index < -0.39 is 0 Å². The van der Waals surface area contributed by atoms with Gasteiger partial charge in [0.1, 0.15) is 5.75 Å². The maximum atomic E-state index is 5.72. The van der Waals surface area contributed by atoms with Crippen LogP contribution in [0.4, 0.5) is 0 Å². The molecule has 1 fully saturated rings. The predicted octanol–water partition coefficient (Wildman–Crippen LogP) is 3.72. The van der Waals surface area contributed by atoms with Gasteiger partial charge in [0, 0.05) is 6.54 Å². The number of rotatable bonds is 8. The predicted molar refractivity (Wildman–Crippen MR) is 96.0 cm³/mol. The van der Waals surface area contributed by atoms with Gasteiger partial charge >= 0.3 is 0 Å². The van der Waals surface area contributed by atoms with Crippen LogP contribution in [0.25, 0.3) is 0 Å². The molecule has 0 radical (unpaired) electrons. The molecule has 0 spiro atoms. The highest BCUT2D eigenvalue weighted by Crippen LogP contribution is 2.20. The minimum Gasteiger partial charge on any atom is -0.494 e. The Bertz CT molecular complexity index is 406. The van der Waals surface area contributed by atoms with Crippen molar-refractivity contribution < 1.29 is 4.74 Å². The largest absolute Gasteiger partial charge is 0.494 e. The molecular formula is C18H31ClN2O. The number of likely N-dealkylation sites (tertiary alicyclic amines) is 1. The third-order valence-electron chi connectivity index (χ3n) is 4.17. The Kier molecular flexibility index (Phi) is 9.53. The third-order valence-corrected chi connectivity index (χ3v) is 4.17. The summed E-state index contributed by atoms with van der Waals surface area (Å²) >= 11 is 0. The van der Waals surface area contributed by atoms with Crippen molar-refractivity contribution in [1.82, 2.24) is 10.2 Å². The van der Waals surface area contributed by atoms with Gasteiger partial charge in [-0.2, -0.15) is 0 Å². The Morgan fingerprint density at radius 1 is 1.23 bits per heavy atom. The van der Waals surface area contributed by atoms with Crippen molar-refractivity contribution in [1.29, 1.82) is 0 Å². The summed E-state index contributed by atoms with van der Waals surface area (Å²) in [6.45, 7) is 10.9. The summed E-state index contributed by atoms with van der Waals surface area (Å²) in [6.07, 6.45) is 3.70. The molecular weight excluding hydrogens is 296 g/mol. The quantitative estimate of drug-likeness (QED) is 0.788. The average Bonchev–Trinajstić information content (AvgIpc) is 2.53. The molecule has 3 nitrogen and oxygen atoms in total. The van der Waals surface area contributed by atoms with E-state index in [9.17, 15) is 0 Å². The normalized spacial score (nSPS) is 16.3. The Hall–Kier alpha value is -0.770. The first-order chi connectivity index (χ1) is 10.3. The zero-order valence-electron chi connectivity index (χ0n) is 14.0. The minimum atomic E-state index is 0. The number of benzene rings is 1. The number of nitrogens with zero attached hydrogens (tertiary/aromatic N) is 1. The molecule has 0 atom stereocenters. The SMILES string of the molecule is CCCOc1cccc(CN2CCC(CNCC)CC2)c1.Cl. The third kappa shape index (κ3) is 6.55. The van der Waals surface area contributed by atoms with Crippen LogP contribution in [-0.2, 0) is 6.54 Å². The molecule has 1 aromatic carbocycles. The van der Waals surface area contributed by atoms with Gasteiger partial charge in [0.15, 0.2) is 0 Å². The van der Waals surface area contributed by atoms with Crippen LogP contribution >= 0.6 is 12.4 Å². The van der Waals surface area contributed by atoms with Crippen LogP contribution < -0.4 is 10.1 Å². The smallest absolute Gasteiger partial charge is 0.119 e. The molecule has 0 saturated carbocycles. The average molecular weight is 327 g/mol. The van der Waals surface area contributed by atoms with Crippen LogP contribution in [0.3, 0.4) is 0 Å². The van der Waals surface area contributed by atoms with E-state index in [0.717, 1.165) is 37.8 Å².